The Balaban J connectivity index is 3.10. The van der Waals surface area contributed by atoms with E-state index in [0.29, 0.717) is 5.56 Å². The normalized spacial score (nSPS) is 14.1. The molecule has 0 radical (unpaired) electrons. The van der Waals surface area contributed by atoms with Crippen LogP contribution >= 0.6 is 15.9 Å². The van der Waals surface area contributed by atoms with E-state index in [0.717, 1.165) is 6.26 Å². The van der Waals surface area contributed by atoms with Gasteiger partial charge >= 0.3 is 0 Å². The molecule has 0 heterocycles. The fraction of sp³-hybridized carbons (Fsp3) is 0.250. The second-order valence-corrected chi connectivity index (χ2v) is 6.35. The summed E-state index contributed by atoms with van der Waals surface area (Å²) in [5, 5.41) is 0. The maximum absolute atomic E-state index is 12.7. The maximum atomic E-state index is 12.7. The first kappa shape index (κ1) is 10.7. The second-order valence-electron chi connectivity index (χ2n) is 2.70. The van der Waals surface area contributed by atoms with Crippen LogP contribution in [0, 0.1) is 5.82 Å². The lowest BCUT2D eigenvalue weighted by Gasteiger charge is -2.07. The first-order chi connectivity index (χ1) is 5.91. The number of rotatable bonds is 2. The van der Waals surface area contributed by atoms with Crippen molar-refractivity contribution < 1.29 is 12.8 Å². The molecule has 1 atom stereocenters. The van der Waals surface area contributed by atoms with Gasteiger partial charge in [-0.05, 0) is 17.7 Å². The largest absolute Gasteiger partial charge is 0.228 e. The van der Waals surface area contributed by atoms with E-state index in [9.17, 15) is 12.8 Å². The van der Waals surface area contributed by atoms with Gasteiger partial charge in [0.1, 0.15) is 9.98 Å². The molecule has 0 bridgehead atoms. The standard InChI is InChI=1S/C8H8BrFO2S/c1-13(11,12)8(9)6-3-2-4-7(10)5-6/h2-5,8H,1H3. The first-order valence-corrected chi connectivity index (χ1v) is 6.36. The van der Waals surface area contributed by atoms with E-state index < -0.39 is 19.8 Å². The van der Waals surface area contributed by atoms with Crippen molar-refractivity contribution in [3.05, 3.63) is 35.6 Å². The molecule has 1 rings (SSSR count). The maximum Gasteiger partial charge on any atom is 0.164 e. The van der Waals surface area contributed by atoms with Gasteiger partial charge in [-0.2, -0.15) is 0 Å². The van der Waals surface area contributed by atoms with Crippen molar-refractivity contribution in [3.63, 3.8) is 0 Å². The van der Waals surface area contributed by atoms with Crippen LogP contribution in [-0.2, 0) is 9.84 Å². The molecule has 72 valence electrons. The lowest BCUT2D eigenvalue weighted by molar-refractivity contribution is 0.600. The summed E-state index contributed by atoms with van der Waals surface area (Å²) in [4.78, 5) is 0. The smallest absolute Gasteiger partial charge is 0.164 e. The van der Waals surface area contributed by atoms with Crippen LogP contribution < -0.4 is 0 Å². The van der Waals surface area contributed by atoms with Crippen molar-refractivity contribution in [1.29, 1.82) is 0 Å². The molecule has 0 amide bonds. The van der Waals surface area contributed by atoms with Crippen molar-refractivity contribution in [2.75, 3.05) is 6.26 Å². The summed E-state index contributed by atoms with van der Waals surface area (Å²) in [7, 11) is -3.22. The quantitative estimate of drug-likeness (QED) is 0.770. The van der Waals surface area contributed by atoms with E-state index in [1.165, 1.54) is 18.2 Å². The zero-order valence-electron chi connectivity index (χ0n) is 6.87. The Labute approximate surface area is 84.8 Å². The Hall–Kier alpha value is -0.420. The highest BCUT2D eigenvalue weighted by Crippen LogP contribution is 2.28. The predicted octanol–water partition coefficient (Wildman–Crippen LogP) is 2.26. The molecule has 0 spiro atoms. The van der Waals surface area contributed by atoms with Crippen molar-refractivity contribution in [2.24, 2.45) is 0 Å². The summed E-state index contributed by atoms with van der Waals surface area (Å²) < 4.78 is 34.0. The highest BCUT2D eigenvalue weighted by atomic mass is 79.9. The van der Waals surface area contributed by atoms with E-state index in [1.807, 2.05) is 0 Å². The molecule has 0 aliphatic heterocycles. The number of hydrogen-bond acceptors (Lipinski definition) is 2. The van der Waals surface area contributed by atoms with Gasteiger partial charge < -0.3 is 0 Å². The summed E-state index contributed by atoms with van der Waals surface area (Å²) in [6.07, 6.45) is 1.09. The molecule has 1 aromatic rings. The third-order valence-electron chi connectivity index (χ3n) is 1.49. The van der Waals surface area contributed by atoms with Crippen LogP contribution in [0.15, 0.2) is 24.3 Å². The van der Waals surface area contributed by atoms with Gasteiger partial charge in [-0.25, -0.2) is 12.8 Å². The highest BCUT2D eigenvalue weighted by molar-refractivity contribution is 9.10. The van der Waals surface area contributed by atoms with Crippen molar-refractivity contribution in [2.45, 2.75) is 4.16 Å². The fourth-order valence-electron chi connectivity index (χ4n) is 0.895. The van der Waals surface area contributed by atoms with E-state index in [1.54, 1.807) is 6.07 Å². The molecule has 0 aliphatic rings. The van der Waals surface area contributed by atoms with Gasteiger partial charge in [0, 0.05) is 6.26 Å². The molecule has 0 saturated heterocycles. The Morgan fingerprint density at radius 1 is 1.46 bits per heavy atom. The summed E-state index contributed by atoms with van der Waals surface area (Å²) >= 11 is 2.99. The fourth-order valence-corrected chi connectivity index (χ4v) is 1.82. The van der Waals surface area contributed by atoms with Gasteiger partial charge in [0.15, 0.2) is 9.84 Å². The number of halogens is 2. The van der Waals surface area contributed by atoms with Gasteiger partial charge in [0.2, 0.25) is 0 Å². The van der Waals surface area contributed by atoms with Gasteiger partial charge in [-0.1, -0.05) is 28.1 Å². The predicted molar refractivity (Wildman–Crippen MR) is 52.9 cm³/mol. The topological polar surface area (TPSA) is 34.1 Å². The molecule has 13 heavy (non-hydrogen) atoms. The van der Waals surface area contributed by atoms with Crippen LogP contribution in [0.25, 0.3) is 0 Å². The molecule has 5 heteroatoms. The lowest BCUT2D eigenvalue weighted by Crippen LogP contribution is -2.04. The van der Waals surface area contributed by atoms with Crippen molar-refractivity contribution >= 4 is 25.8 Å². The van der Waals surface area contributed by atoms with Crippen LogP contribution in [0.5, 0.6) is 0 Å². The minimum absolute atomic E-state index is 0.405. The van der Waals surface area contributed by atoms with Crippen molar-refractivity contribution in [1.82, 2.24) is 0 Å². The van der Waals surface area contributed by atoms with Crippen LogP contribution in [0.1, 0.15) is 9.72 Å². The number of alkyl halides is 1. The van der Waals surface area contributed by atoms with E-state index >= 15 is 0 Å². The van der Waals surface area contributed by atoms with Crippen LogP contribution in [0.3, 0.4) is 0 Å². The third-order valence-corrected chi connectivity index (χ3v) is 5.08. The minimum atomic E-state index is -3.22. The molecule has 1 aromatic carbocycles. The molecule has 0 aliphatic carbocycles. The van der Waals surface area contributed by atoms with Crippen LogP contribution in [0.2, 0.25) is 0 Å². The molecule has 0 saturated carbocycles. The summed E-state index contributed by atoms with van der Waals surface area (Å²) in [6.45, 7) is 0. The first-order valence-electron chi connectivity index (χ1n) is 3.49. The SMILES string of the molecule is CS(=O)(=O)C(Br)c1cccc(F)c1. The molecular weight excluding hydrogens is 259 g/mol. The molecular formula is C8H8BrFO2S. The number of hydrogen-bond donors (Lipinski definition) is 0. The third kappa shape index (κ3) is 2.77. The van der Waals surface area contributed by atoms with E-state index in [4.69, 9.17) is 0 Å². The van der Waals surface area contributed by atoms with Gasteiger partial charge in [0.25, 0.3) is 0 Å². The number of sulfone groups is 1. The Bertz CT molecular complexity index is 402. The highest BCUT2D eigenvalue weighted by Gasteiger charge is 2.19. The molecule has 0 N–H and O–H groups in total. The van der Waals surface area contributed by atoms with Gasteiger partial charge in [-0.15, -0.1) is 0 Å². The summed E-state index contributed by atoms with van der Waals surface area (Å²) in [6, 6.07) is 5.50. The summed E-state index contributed by atoms with van der Waals surface area (Å²) in [5.74, 6) is -0.439. The Morgan fingerprint density at radius 3 is 2.54 bits per heavy atom. The van der Waals surface area contributed by atoms with Gasteiger partial charge in [0.05, 0.1) is 0 Å². The summed E-state index contributed by atoms with van der Waals surface area (Å²) in [5.41, 5.74) is 0.405. The average molecular weight is 267 g/mol. The van der Waals surface area contributed by atoms with Crippen LogP contribution in [0.4, 0.5) is 4.39 Å². The van der Waals surface area contributed by atoms with Crippen molar-refractivity contribution in [3.8, 4) is 0 Å². The second kappa shape index (κ2) is 3.75. The van der Waals surface area contributed by atoms with Gasteiger partial charge in [-0.3, -0.25) is 0 Å². The molecule has 1 unspecified atom stereocenters. The van der Waals surface area contributed by atoms with E-state index in [-0.39, 0.29) is 0 Å². The Morgan fingerprint density at radius 2 is 2.08 bits per heavy atom. The zero-order valence-corrected chi connectivity index (χ0v) is 9.27. The molecule has 2 nitrogen and oxygen atoms in total. The lowest BCUT2D eigenvalue weighted by atomic mass is 10.2. The number of benzene rings is 1. The monoisotopic (exact) mass is 266 g/mol. The average Bonchev–Trinajstić information content (AvgIpc) is 2.01. The molecule has 0 fully saturated rings. The minimum Gasteiger partial charge on any atom is -0.228 e. The Kier molecular flexibility index (Phi) is 3.08. The van der Waals surface area contributed by atoms with Crippen LogP contribution in [-0.4, -0.2) is 14.7 Å². The molecule has 0 aromatic heterocycles. The zero-order chi connectivity index (χ0) is 10.1. The van der Waals surface area contributed by atoms with E-state index in [2.05, 4.69) is 15.9 Å².